The summed E-state index contributed by atoms with van der Waals surface area (Å²) in [5.74, 6) is -2.40. The van der Waals surface area contributed by atoms with Gasteiger partial charge in [0.05, 0.1) is 44.5 Å². The van der Waals surface area contributed by atoms with Gasteiger partial charge in [0.15, 0.2) is 5.60 Å². The van der Waals surface area contributed by atoms with E-state index in [-0.39, 0.29) is 47.7 Å². The smallest absolute Gasteiger partial charge is 0.293 e. The summed E-state index contributed by atoms with van der Waals surface area (Å²) in [6.45, 7) is 8.27. The SMILES string of the molecule is COc1nn(C)cc1C(=O)N=S1(=O)C[C@@H](C)C/C=C(\F)[C@](CN2CCN3CCOC[C@@H]3C2)(OC)[C@@H]2OCC[C@H]2CN2C[C@@]3(CCCc4cc(Cl)ccc43)COc3ccc(cc32)C(=O)N1. The van der Waals surface area contributed by atoms with Crippen LogP contribution in [0.3, 0.4) is 0 Å². The average molecular weight is 925 g/mol. The molecule has 9 rings (SSSR count). The Labute approximate surface area is 379 Å². The third kappa shape index (κ3) is 8.81. The first-order valence-corrected chi connectivity index (χ1v) is 24.4. The number of halogens is 2. The fourth-order valence-corrected chi connectivity index (χ4v) is 13.0. The van der Waals surface area contributed by atoms with Gasteiger partial charge in [-0.3, -0.25) is 28.8 Å². The number of benzene rings is 2. The number of rotatable bonds is 5. The summed E-state index contributed by atoms with van der Waals surface area (Å²) in [7, 11) is 0.720. The van der Waals surface area contributed by atoms with Crippen LogP contribution in [-0.4, -0.2) is 146 Å². The Balaban J connectivity index is 1.16. The van der Waals surface area contributed by atoms with Gasteiger partial charge < -0.3 is 28.6 Å². The van der Waals surface area contributed by atoms with Crippen LogP contribution in [0.4, 0.5) is 10.1 Å². The molecule has 0 radical (unpaired) electrons. The molecule has 346 valence electrons. The maximum Gasteiger partial charge on any atom is 0.293 e. The van der Waals surface area contributed by atoms with Gasteiger partial charge in [0.25, 0.3) is 11.8 Å². The van der Waals surface area contributed by atoms with Gasteiger partial charge in [0, 0.05) is 101 Å². The quantitative estimate of drug-likeness (QED) is 0.359. The number of fused-ring (bicyclic) bond motifs is 5. The zero-order chi connectivity index (χ0) is 44.8. The highest BCUT2D eigenvalue weighted by molar-refractivity contribution is 7.92. The van der Waals surface area contributed by atoms with Gasteiger partial charge in [-0.25, -0.2) is 8.60 Å². The van der Waals surface area contributed by atoms with E-state index in [9.17, 15) is 9.59 Å². The molecule has 3 saturated heterocycles. The molecule has 5 aliphatic heterocycles. The van der Waals surface area contributed by atoms with Gasteiger partial charge >= 0.3 is 0 Å². The predicted octanol–water partition coefficient (Wildman–Crippen LogP) is 5.21. The number of amides is 2. The largest absolute Gasteiger partial charge is 0.490 e. The first-order valence-electron chi connectivity index (χ1n) is 22.4. The van der Waals surface area contributed by atoms with Gasteiger partial charge in [0.1, 0.15) is 27.1 Å². The van der Waals surface area contributed by atoms with E-state index in [1.165, 1.54) is 35.2 Å². The lowest BCUT2D eigenvalue weighted by molar-refractivity contribution is -0.132. The molecule has 1 unspecified atom stereocenters. The highest BCUT2D eigenvalue weighted by Crippen LogP contribution is 2.47. The number of morpholine rings is 1. The Morgan fingerprint density at radius 1 is 1.14 bits per heavy atom. The lowest BCUT2D eigenvalue weighted by Gasteiger charge is -2.48. The van der Waals surface area contributed by atoms with E-state index in [4.69, 9.17) is 35.3 Å². The molecule has 1 aliphatic carbocycles. The van der Waals surface area contributed by atoms with E-state index < -0.39 is 50.6 Å². The Kier molecular flexibility index (Phi) is 12.9. The second-order valence-corrected chi connectivity index (χ2v) is 20.9. The Morgan fingerprint density at radius 3 is 2.83 bits per heavy atom. The van der Waals surface area contributed by atoms with Crippen molar-refractivity contribution in [3.63, 3.8) is 0 Å². The van der Waals surface area contributed by atoms with Crippen LogP contribution in [0, 0.1) is 11.8 Å². The lowest BCUT2D eigenvalue weighted by atomic mass is 9.70. The second kappa shape index (κ2) is 18.3. The summed E-state index contributed by atoms with van der Waals surface area (Å²) in [6.07, 6.45) is 5.71. The zero-order valence-electron chi connectivity index (χ0n) is 37.1. The van der Waals surface area contributed by atoms with E-state index in [1.54, 1.807) is 39.3 Å². The maximum absolute atomic E-state index is 17.8. The van der Waals surface area contributed by atoms with Crippen molar-refractivity contribution in [1.29, 1.82) is 0 Å². The number of methoxy groups -OCH3 is 2. The molecule has 7 atom stereocenters. The Bertz CT molecular complexity index is 2430. The van der Waals surface area contributed by atoms with Crippen molar-refractivity contribution in [2.24, 2.45) is 23.2 Å². The number of carbonyl (C=O) groups is 2. The molecule has 15 nitrogen and oxygen atoms in total. The highest BCUT2D eigenvalue weighted by Gasteiger charge is 2.53. The number of piperazine rings is 1. The predicted molar refractivity (Wildman–Crippen MR) is 240 cm³/mol. The van der Waals surface area contributed by atoms with Gasteiger partial charge in [-0.1, -0.05) is 24.6 Å². The number of nitrogens with one attached hydrogen (secondary N) is 1. The topological polar surface area (TPSA) is 149 Å². The molecule has 1 aromatic heterocycles. The molecule has 1 N–H and O–H groups in total. The molecule has 1 spiro atoms. The molecule has 0 saturated carbocycles. The van der Waals surface area contributed by atoms with Crippen LogP contribution in [-0.2, 0) is 43.0 Å². The average Bonchev–Trinajstić information content (AvgIpc) is 3.88. The molecular weight excluding hydrogens is 865 g/mol. The molecule has 2 bridgehead atoms. The van der Waals surface area contributed by atoms with E-state index in [1.807, 2.05) is 12.1 Å². The minimum absolute atomic E-state index is 0.00454. The number of hydrogen-bond donors (Lipinski definition) is 1. The van der Waals surface area contributed by atoms with Crippen molar-refractivity contribution in [2.45, 2.75) is 62.2 Å². The van der Waals surface area contributed by atoms with Crippen molar-refractivity contribution in [2.75, 3.05) is 97.1 Å². The number of anilines is 1. The Hall–Kier alpha value is -4.10. The van der Waals surface area contributed by atoms with Crippen molar-refractivity contribution >= 4 is 39.0 Å². The first-order chi connectivity index (χ1) is 30.8. The second-order valence-electron chi connectivity index (χ2n) is 18.5. The van der Waals surface area contributed by atoms with Gasteiger partial charge in [-0.2, -0.15) is 0 Å². The number of ether oxygens (including phenoxy) is 5. The van der Waals surface area contributed by atoms with Crippen molar-refractivity contribution in [3.05, 3.63) is 81.8 Å². The summed E-state index contributed by atoms with van der Waals surface area (Å²) in [6, 6.07) is 11.5. The molecule has 64 heavy (non-hydrogen) atoms. The van der Waals surface area contributed by atoms with Crippen molar-refractivity contribution in [1.82, 2.24) is 24.3 Å². The van der Waals surface area contributed by atoms with Crippen LogP contribution >= 0.6 is 11.6 Å². The molecule has 3 fully saturated rings. The third-order valence-electron chi connectivity index (χ3n) is 14.1. The van der Waals surface area contributed by atoms with Gasteiger partial charge in [0.2, 0.25) is 5.88 Å². The zero-order valence-corrected chi connectivity index (χ0v) is 38.6. The van der Waals surface area contributed by atoms with Crippen molar-refractivity contribution < 1.29 is 41.9 Å². The Morgan fingerprint density at radius 2 is 2.00 bits per heavy atom. The molecule has 2 aromatic carbocycles. The van der Waals surface area contributed by atoms with E-state index in [0.29, 0.717) is 68.9 Å². The summed E-state index contributed by atoms with van der Waals surface area (Å²) >= 11 is 6.55. The van der Waals surface area contributed by atoms with Crippen LogP contribution in [0.15, 0.2) is 58.9 Å². The molecule has 3 aromatic rings. The van der Waals surface area contributed by atoms with Crippen LogP contribution in [0.25, 0.3) is 0 Å². The van der Waals surface area contributed by atoms with E-state index >= 15 is 8.60 Å². The minimum Gasteiger partial charge on any atom is -0.490 e. The molecule has 18 heteroatoms. The molecule has 2 amide bonds. The molecular formula is C46H59ClFN7O8S. The first kappa shape index (κ1) is 45.1. The van der Waals surface area contributed by atoms with Gasteiger partial charge in [-0.05, 0) is 85.6 Å². The number of aromatic nitrogens is 2. The fourth-order valence-electron chi connectivity index (χ4n) is 10.9. The normalized spacial score (nSPS) is 32.2. The minimum atomic E-state index is -3.83. The highest BCUT2D eigenvalue weighted by atomic mass is 35.5. The third-order valence-corrected chi connectivity index (χ3v) is 16.3. The van der Waals surface area contributed by atoms with E-state index in [0.717, 1.165) is 38.9 Å². The van der Waals surface area contributed by atoms with Crippen LogP contribution in [0.1, 0.15) is 64.4 Å². The maximum atomic E-state index is 17.8. The van der Waals surface area contributed by atoms with Crippen LogP contribution in [0.2, 0.25) is 5.02 Å². The summed E-state index contributed by atoms with van der Waals surface area (Å²) < 4.78 is 72.1. The monoisotopic (exact) mass is 923 g/mol. The van der Waals surface area contributed by atoms with Crippen LogP contribution < -0.4 is 19.1 Å². The van der Waals surface area contributed by atoms with Gasteiger partial charge in [-0.15, -0.1) is 9.46 Å². The fraction of sp³-hybridized carbons (Fsp3) is 0.587. The summed E-state index contributed by atoms with van der Waals surface area (Å²) in [5.41, 5.74) is 1.31. The van der Waals surface area contributed by atoms with E-state index in [2.05, 4.69) is 34.9 Å². The van der Waals surface area contributed by atoms with Crippen molar-refractivity contribution in [3.8, 4) is 11.6 Å². The number of hydrogen-bond acceptors (Lipinski definition) is 12. The number of allylic oxidation sites excluding steroid dienone is 1. The summed E-state index contributed by atoms with van der Waals surface area (Å²) in [5, 5.41) is 4.84. The molecule has 6 heterocycles. The number of carbonyl (C=O) groups excluding carboxylic acids is 2. The summed E-state index contributed by atoms with van der Waals surface area (Å²) in [4.78, 5) is 35.1. The standard InChI is InChI=1S/C46H59ClFN7O8S/c1-30-7-12-40(48)46(60-4,28-53-15-16-54-17-19-61-25-35(54)23-53)41-33(13-18-62-41)22-55-27-45(14-5-6-31-20-34(47)9-10-37(31)45)29-63-39-11-8-32(21-38(39)55)42(56)50-64(58,26-30)51-43(57)36-24-52(2)49-44(36)59-3/h8-12,20-21,24,30,33,35,41H,5-7,13-19,22-23,25-29H2,1-4H3,(H,50,51,56,57,58)/b40-12-/t30-,33-,35-,41+,45-,46-,64?/m0/s1. The number of aryl methyl sites for hydroxylation is 2. The van der Waals surface area contributed by atoms with Crippen LogP contribution in [0.5, 0.6) is 11.6 Å². The molecule has 6 aliphatic rings. The lowest BCUT2D eigenvalue weighted by Crippen LogP contribution is -2.63. The number of nitrogens with zero attached hydrogens (tertiary/aromatic N) is 6.